The normalized spacial score (nSPS) is 14.1. The van der Waals surface area contributed by atoms with E-state index < -0.39 is 0 Å². The second kappa shape index (κ2) is 4.86. The molecule has 1 aromatic carbocycles. The van der Waals surface area contributed by atoms with Crippen LogP contribution in [0.3, 0.4) is 0 Å². The van der Waals surface area contributed by atoms with Gasteiger partial charge in [0, 0.05) is 12.6 Å². The molecule has 0 heterocycles. The van der Waals surface area contributed by atoms with Crippen molar-refractivity contribution in [3.63, 3.8) is 0 Å². The molecule has 5 heteroatoms. The van der Waals surface area contributed by atoms with E-state index in [1.54, 1.807) is 0 Å². The number of benzene rings is 1. The maximum atomic E-state index is 7.87. The maximum Gasteiger partial charge on any atom is 0.221 e. The zero-order valence-electron chi connectivity index (χ0n) is 9.63. The highest BCUT2D eigenvalue weighted by molar-refractivity contribution is 5.91. The van der Waals surface area contributed by atoms with E-state index in [2.05, 4.69) is 4.99 Å². The van der Waals surface area contributed by atoms with Gasteiger partial charge in [0.25, 0.3) is 0 Å². The second-order valence-electron chi connectivity index (χ2n) is 4.20. The first-order valence-electron chi connectivity index (χ1n) is 5.65. The molecular weight excluding hydrogens is 214 g/mol. The molecule has 90 valence electrons. The minimum atomic E-state index is -0.0614. The fourth-order valence-corrected chi connectivity index (χ4v) is 1.73. The molecule has 0 unspecified atom stereocenters. The Morgan fingerprint density at radius 1 is 1.29 bits per heavy atom. The van der Waals surface area contributed by atoms with E-state index in [0.717, 1.165) is 18.4 Å². The summed E-state index contributed by atoms with van der Waals surface area (Å²) >= 11 is 0. The number of nitrogens with zero attached hydrogens (tertiary/aromatic N) is 2. The number of nitrogens with two attached hydrogens (primary N) is 2. The van der Waals surface area contributed by atoms with Crippen LogP contribution in [0.1, 0.15) is 18.4 Å². The Balaban J connectivity index is 2.08. The molecule has 5 N–H and O–H groups in total. The lowest BCUT2D eigenvalue weighted by Crippen LogP contribution is -2.34. The third-order valence-corrected chi connectivity index (χ3v) is 2.69. The number of nitrogens with one attached hydrogen (secondary N) is 1. The molecule has 1 aromatic rings. The van der Waals surface area contributed by atoms with Gasteiger partial charge in [0.05, 0.1) is 0 Å². The average Bonchev–Trinajstić information content (AvgIpc) is 3.10. The Kier molecular flexibility index (Phi) is 3.27. The first-order valence-corrected chi connectivity index (χ1v) is 5.65. The quantitative estimate of drug-likeness (QED) is 0.532. The molecule has 0 bridgehead atoms. The molecule has 0 aromatic heterocycles. The smallest absolute Gasteiger partial charge is 0.221 e. The van der Waals surface area contributed by atoms with Crippen LogP contribution in [-0.2, 0) is 6.54 Å². The van der Waals surface area contributed by atoms with Crippen molar-refractivity contribution in [2.24, 2.45) is 16.5 Å². The van der Waals surface area contributed by atoms with Crippen molar-refractivity contribution < 1.29 is 0 Å². The molecule has 17 heavy (non-hydrogen) atoms. The van der Waals surface area contributed by atoms with E-state index in [1.807, 2.05) is 35.2 Å². The molecule has 1 aliphatic rings. The molecule has 1 aliphatic carbocycles. The van der Waals surface area contributed by atoms with Gasteiger partial charge in [0.1, 0.15) is 0 Å². The maximum absolute atomic E-state index is 7.87. The van der Waals surface area contributed by atoms with Crippen molar-refractivity contribution in [3.05, 3.63) is 35.9 Å². The number of hydrogen-bond donors (Lipinski definition) is 3. The van der Waals surface area contributed by atoms with E-state index in [4.69, 9.17) is 16.9 Å². The van der Waals surface area contributed by atoms with Crippen LogP contribution < -0.4 is 11.5 Å². The van der Waals surface area contributed by atoms with Gasteiger partial charge in [-0.05, 0) is 18.4 Å². The standard InChI is InChI=1S/C12H17N5/c13-11(14)16-12(15)17(10-6-7-10)8-9-4-2-1-3-5-9/h1-5,10H,6-8H2,(H5,13,14,15,16). The van der Waals surface area contributed by atoms with E-state index in [-0.39, 0.29) is 11.9 Å². The first-order chi connectivity index (χ1) is 8.16. The van der Waals surface area contributed by atoms with Gasteiger partial charge in [-0.25, -0.2) is 0 Å². The third kappa shape index (κ3) is 3.21. The summed E-state index contributed by atoms with van der Waals surface area (Å²) in [6, 6.07) is 10.4. The highest BCUT2D eigenvalue weighted by Gasteiger charge is 2.30. The summed E-state index contributed by atoms with van der Waals surface area (Å²) < 4.78 is 0. The zero-order valence-corrected chi connectivity index (χ0v) is 9.63. The van der Waals surface area contributed by atoms with Crippen molar-refractivity contribution in [2.75, 3.05) is 0 Å². The summed E-state index contributed by atoms with van der Waals surface area (Å²) in [6.07, 6.45) is 2.21. The van der Waals surface area contributed by atoms with Crippen LogP contribution in [0.4, 0.5) is 0 Å². The van der Waals surface area contributed by atoms with Gasteiger partial charge in [0.2, 0.25) is 5.96 Å². The Labute approximate surface area is 101 Å². The first kappa shape index (κ1) is 11.4. The van der Waals surface area contributed by atoms with Crippen LogP contribution >= 0.6 is 0 Å². The monoisotopic (exact) mass is 231 g/mol. The molecule has 0 saturated heterocycles. The van der Waals surface area contributed by atoms with Crippen LogP contribution in [0.5, 0.6) is 0 Å². The molecule has 0 radical (unpaired) electrons. The van der Waals surface area contributed by atoms with E-state index in [0.29, 0.717) is 12.6 Å². The van der Waals surface area contributed by atoms with Gasteiger partial charge in [0.15, 0.2) is 5.96 Å². The van der Waals surface area contributed by atoms with Crippen LogP contribution in [0.15, 0.2) is 35.3 Å². The van der Waals surface area contributed by atoms with E-state index in [9.17, 15) is 0 Å². The zero-order chi connectivity index (χ0) is 12.3. The Morgan fingerprint density at radius 2 is 1.94 bits per heavy atom. The van der Waals surface area contributed by atoms with Crippen molar-refractivity contribution in [1.29, 1.82) is 5.41 Å². The predicted molar refractivity (Wildman–Crippen MR) is 68.5 cm³/mol. The van der Waals surface area contributed by atoms with Crippen LogP contribution in [-0.4, -0.2) is 22.9 Å². The van der Waals surface area contributed by atoms with Gasteiger partial charge in [-0.15, -0.1) is 0 Å². The summed E-state index contributed by atoms with van der Waals surface area (Å²) in [6.45, 7) is 0.682. The van der Waals surface area contributed by atoms with Gasteiger partial charge < -0.3 is 16.4 Å². The summed E-state index contributed by atoms with van der Waals surface area (Å²) in [5.74, 6) is 0.0880. The van der Waals surface area contributed by atoms with Crippen LogP contribution in [0.2, 0.25) is 0 Å². The fourth-order valence-electron chi connectivity index (χ4n) is 1.73. The van der Waals surface area contributed by atoms with E-state index in [1.165, 1.54) is 0 Å². The number of guanidine groups is 2. The van der Waals surface area contributed by atoms with Crippen molar-refractivity contribution >= 4 is 11.9 Å². The largest absolute Gasteiger partial charge is 0.370 e. The van der Waals surface area contributed by atoms with E-state index >= 15 is 0 Å². The summed E-state index contributed by atoms with van der Waals surface area (Å²) in [5.41, 5.74) is 11.8. The fraction of sp³-hybridized carbons (Fsp3) is 0.333. The molecule has 5 nitrogen and oxygen atoms in total. The molecule has 0 amide bonds. The summed E-state index contributed by atoms with van der Waals surface area (Å²) in [4.78, 5) is 5.76. The number of aliphatic imine (C=N–C) groups is 1. The van der Waals surface area contributed by atoms with Crippen molar-refractivity contribution in [2.45, 2.75) is 25.4 Å². The van der Waals surface area contributed by atoms with Gasteiger partial charge in [-0.3, -0.25) is 5.41 Å². The van der Waals surface area contributed by atoms with Gasteiger partial charge in [-0.2, -0.15) is 4.99 Å². The SMILES string of the molecule is N=C(N=C(N)N)N(Cc1ccccc1)C1CC1. The Bertz CT molecular complexity index is 418. The molecule has 2 rings (SSSR count). The second-order valence-corrected chi connectivity index (χ2v) is 4.20. The minimum absolute atomic E-state index is 0.0614. The highest BCUT2D eigenvalue weighted by atomic mass is 15.3. The Morgan fingerprint density at radius 3 is 2.47 bits per heavy atom. The minimum Gasteiger partial charge on any atom is -0.370 e. The number of hydrogen-bond acceptors (Lipinski definition) is 1. The summed E-state index contributed by atoms with van der Waals surface area (Å²) in [7, 11) is 0. The third-order valence-electron chi connectivity index (χ3n) is 2.69. The van der Waals surface area contributed by atoms with Crippen LogP contribution in [0, 0.1) is 5.41 Å². The Hall–Kier alpha value is -2.04. The lowest BCUT2D eigenvalue weighted by Gasteiger charge is -2.22. The molecular formula is C12H17N5. The molecule has 1 fully saturated rings. The molecule has 0 atom stereocenters. The van der Waals surface area contributed by atoms with Crippen molar-refractivity contribution in [3.8, 4) is 0 Å². The molecule has 0 aliphatic heterocycles. The van der Waals surface area contributed by atoms with Crippen molar-refractivity contribution in [1.82, 2.24) is 4.90 Å². The lowest BCUT2D eigenvalue weighted by molar-refractivity contribution is 0.396. The summed E-state index contributed by atoms with van der Waals surface area (Å²) in [5, 5.41) is 7.87. The molecule has 0 spiro atoms. The topological polar surface area (TPSA) is 91.5 Å². The highest BCUT2D eigenvalue weighted by Crippen LogP contribution is 2.28. The van der Waals surface area contributed by atoms with Gasteiger partial charge >= 0.3 is 0 Å². The molecule has 1 saturated carbocycles. The predicted octanol–water partition coefficient (Wildman–Crippen LogP) is 0.859. The average molecular weight is 231 g/mol. The van der Waals surface area contributed by atoms with Gasteiger partial charge in [-0.1, -0.05) is 30.3 Å². The lowest BCUT2D eigenvalue weighted by atomic mass is 10.2. The number of rotatable bonds is 3. The van der Waals surface area contributed by atoms with Crippen LogP contribution in [0.25, 0.3) is 0 Å².